The summed E-state index contributed by atoms with van der Waals surface area (Å²) in [6, 6.07) is 3.73. The highest BCUT2D eigenvalue weighted by molar-refractivity contribution is 6.31. The van der Waals surface area contributed by atoms with Crippen LogP contribution in [0.1, 0.15) is 35.7 Å². The minimum atomic E-state index is -0.170. The van der Waals surface area contributed by atoms with E-state index in [0.717, 1.165) is 19.5 Å². The zero-order valence-corrected chi connectivity index (χ0v) is 13.7. The fraction of sp³-hybridized carbons (Fsp3) is 0.562. The van der Waals surface area contributed by atoms with Crippen molar-refractivity contribution in [1.29, 1.82) is 0 Å². The van der Waals surface area contributed by atoms with E-state index in [4.69, 9.17) is 11.6 Å². The Labute approximate surface area is 131 Å². The molecule has 0 amide bonds. The predicted octanol–water partition coefficient (Wildman–Crippen LogP) is 2.77. The highest BCUT2D eigenvalue weighted by atomic mass is 35.5. The van der Waals surface area contributed by atoms with E-state index in [9.17, 15) is 9.90 Å². The van der Waals surface area contributed by atoms with Crippen molar-refractivity contribution in [2.45, 2.75) is 32.4 Å². The SMILES string of the molecule is CC(=O)c1cc(Cl)cc(CN(C)C2CCCN(C)C2)c1O. The van der Waals surface area contributed by atoms with Crippen LogP contribution in [-0.2, 0) is 6.54 Å². The molecule has 0 saturated carbocycles. The Balaban J connectivity index is 2.17. The number of carbonyl (C=O) groups excluding carboxylic acids is 1. The van der Waals surface area contributed by atoms with Gasteiger partial charge in [-0.3, -0.25) is 9.69 Å². The molecule has 1 fully saturated rings. The van der Waals surface area contributed by atoms with Gasteiger partial charge in [0.25, 0.3) is 0 Å². The van der Waals surface area contributed by atoms with E-state index in [0.29, 0.717) is 28.7 Å². The van der Waals surface area contributed by atoms with Gasteiger partial charge < -0.3 is 10.0 Å². The van der Waals surface area contributed by atoms with Gasteiger partial charge in [0.1, 0.15) is 5.75 Å². The Morgan fingerprint density at radius 3 is 2.86 bits per heavy atom. The van der Waals surface area contributed by atoms with Gasteiger partial charge in [0.2, 0.25) is 0 Å². The molecule has 4 nitrogen and oxygen atoms in total. The van der Waals surface area contributed by atoms with Crippen molar-refractivity contribution in [3.8, 4) is 5.75 Å². The first-order valence-electron chi connectivity index (χ1n) is 7.29. The number of ketones is 1. The van der Waals surface area contributed by atoms with Crippen molar-refractivity contribution in [2.75, 3.05) is 27.2 Å². The number of aromatic hydroxyl groups is 1. The molecule has 0 radical (unpaired) electrons. The summed E-state index contributed by atoms with van der Waals surface area (Å²) in [6.45, 7) is 4.19. The topological polar surface area (TPSA) is 43.8 Å². The lowest BCUT2D eigenvalue weighted by atomic mass is 10.0. The van der Waals surface area contributed by atoms with Gasteiger partial charge in [-0.2, -0.15) is 0 Å². The van der Waals surface area contributed by atoms with Crippen LogP contribution in [0.25, 0.3) is 0 Å². The van der Waals surface area contributed by atoms with E-state index in [2.05, 4.69) is 23.9 Å². The lowest BCUT2D eigenvalue weighted by Gasteiger charge is -2.36. The van der Waals surface area contributed by atoms with E-state index in [1.165, 1.54) is 19.4 Å². The maximum atomic E-state index is 11.6. The number of hydrogen-bond donors (Lipinski definition) is 1. The number of halogens is 1. The lowest BCUT2D eigenvalue weighted by Crippen LogP contribution is -2.44. The van der Waals surface area contributed by atoms with Gasteiger partial charge in [0, 0.05) is 29.7 Å². The molecule has 0 spiro atoms. The van der Waals surface area contributed by atoms with Crippen LogP contribution >= 0.6 is 11.6 Å². The molecular weight excluding hydrogens is 288 g/mol. The molecule has 5 heteroatoms. The Hall–Kier alpha value is -1.10. The van der Waals surface area contributed by atoms with Gasteiger partial charge >= 0.3 is 0 Å². The van der Waals surface area contributed by atoms with E-state index >= 15 is 0 Å². The summed E-state index contributed by atoms with van der Waals surface area (Å²) in [5, 5.41) is 10.8. The number of benzene rings is 1. The molecule has 1 saturated heterocycles. The average molecular weight is 311 g/mol. The number of hydrogen-bond acceptors (Lipinski definition) is 4. The van der Waals surface area contributed by atoms with Crippen LogP contribution in [0.4, 0.5) is 0 Å². The summed E-state index contributed by atoms with van der Waals surface area (Å²) in [5.41, 5.74) is 1.01. The molecule has 1 unspecified atom stereocenters. The summed E-state index contributed by atoms with van der Waals surface area (Å²) < 4.78 is 0. The molecule has 1 N–H and O–H groups in total. The number of Topliss-reactive ketones (excluding diaryl/α,β-unsaturated/α-hetero) is 1. The van der Waals surface area contributed by atoms with Crippen LogP contribution in [0.2, 0.25) is 5.02 Å². The maximum absolute atomic E-state index is 11.6. The van der Waals surface area contributed by atoms with Crippen molar-refractivity contribution in [1.82, 2.24) is 9.80 Å². The summed E-state index contributed by atoms with van der Waals surface area (Å²) in [4.78, 5) is 16.1. The van der Waals surface area contributed by atoms with Gasteiger partial charge in [-0.1, -0.05) is 11.6 Å². The number of rotatable bonds is 4. The number of likely N-dealkylation sites (N-methyl/N-ethyl adjacent to an activating group) is 2. The number of nitrogens with zero attached hydrogens (tertiary/aromatic N) is 2. The first-order valence-corrected chi connectivity index (χ1v) is 7.67. The smallest absolute Gasteiger partial charge is 0.163 e. The lowest BCUT2D eigenvalue weighted by molar-refractivity contribution is 0.101. The minimum Gasteiger partial charge on any atom is -0.507 e. The molecule has 1 aliphatic heterocycles. The first kappa shape index (κ1) is 16.3. The summed E-state index contributed by atoms with van der Waals surface area (Å²) in [5.74, 6) is -0.112. The van der Waals surface area contributed by atoms with Gasteiger partial charge in [0.15, 0.2) is 5.78 Å². The summed E-state index contributed by atoms with van der Waals surface area (Å²) >= 11 is 6.07. The second-order valence-corrected chi connectivity index (χ2v) is 6.43. The number of likely N-dealkylation sites (tertiary alicyclic amines) is 1. The van der Waals surface area contributed by atoms with E-state index in [1.807, 2.05) is 0 Å². The Morgan fingerprint density at radius 1 is 1.52 bits per heavy atom. The zero-order chi connectivity index (χ0) is 15.6. The molecule has 0 aromatic heterocycles. The first-order chi connectivity index (χ1) is 9.88. The zero-order valence-electron chi connectivity index (χ0n) is 12.9. The molecule has 1 aliphatic rings. The fourth-order valence-corrected chi connectivity index (χ4v) is 3.18. The number of phenolic OH excluding ortho intramolecular Hbond substituents is 1. The molecule has 0 aliphatic carbocycles. The third-order valence-electron chi connectivity index (χ3n) is 4.18. The fourth-order valence-electron chi connectivity index (χ4n) is 2.94. The van der Waals surface area contributed by atoms with Crippen LogP contribution in [-0.4, -0.2) is 53.9 Å². The second-order valence-electron chi connectivity index (χ2n) is 5.99. The van der Waals surface area contributed by atoms with E-state index < -0.39 is 0 Å². The van der Waals surface area contributed by atoms with Gasteiger partial charge in [-0.15, -0.1) is 0 Å². The molecule has 1 atom stereocenters. The quantitative estimate of drug-likeness (QED) is 0.869. The molecule has 21 heavy (non-hydrogen) atoms. The van der Waals surface area contributed by atoms with Crippen molar-refractivity contribution < 1.29 is 9.90 Å². The molecule has 116 valence electrons. The minimum absolute atomic E-state index is 0.0583. The van der Waals surface area contributed by atoms with Crippen molar-refractivity contribution in [2.24, 2.45) is 0 Å². The third-order valence-corrected chi connectivity index (χ3v) is 4.39. The Kier molecular flexibility index (Phi) is 5.25. The molecule has 2 rings (SSSR count). The summed E-state index contributed by atoms with van der Waals surface area (Å²) in [7, 11) is 4.18. The highest BCUT2D eigenvalue weighted by Crippen LogP contribution is 2.29. The van der Waals surface area contributed by atoms with Crippen molar-refractivity contribution in [3.63, 3.8) is 0 Å². The normalized spacial score (nSPS) is 20.0. The molecule has 1 heterocycles. The van der Waals surface area contributed by atoms with Crippen LogP contribution in [0.3, 0.4) is 0 Å². The Morgan fingerprint density at radius 2 is 2.24 bits per heavy atom. The van der Waals surface area contributed by atoms with Crippen LogP contribution in [0.15, 0.2) is 12.1 Å². The van der Waals surface area contributed by atoms with Gasteiger partial charge in [-0.05, 0) is 52.5 Å². The third kappa shape index (κ3) is 3.96. The largest absolute Gasteiger partial charge is 0.507 e. The number of carbonyl (C=O) groups is 1. The number of piperidine rings is 1. The maximum Gasteiger partial charge on any atom is 0.163 e. The second kappa shape index (κ2) is 6.77. The molecule has 0 bridgehead atoms. The van der Waals surface area contributed by atoms with Crippen LogP contribution in [0.5, 0.6) is 5.75 Å². The van der Waals surface area contributed by atoms with Crippen LogP contribution < -0.4 is 0 Å². The average Bonchev–Trinajstić information content (AvgIpc) is 2.42. The standard InChI is InChI=1S/C16H23ClN2O2/c1-11(20)15-8-13(17)7-12(16(15)21)9-19(3)14-5-4-6-18(2)10-14/h7-8,14,21H,4-6,9-10H2,1-3H3. The van der Waals surface area contributed by atoms with Gasteiger partial charge in [-0.25, -0.2) is 0 Å². The molecule has 1 aromatic carbocycles. The highest BCUT2D eigenvalue weighted by Gasteiger charge is 2.22. The Bertz CT molecular complexity index is 533. The number of phenols is 1. The van der Waals surface area contributed by atoms with Crippen LogP contribution in [0, 0.1) is 0 Å². The van der Waals surface area contributed by atoms with Crippen molar-refractivity contribution >= 4 is 17.4 Å². The molecular formula is C16H23ClN2O2. The van der Waals surface area contributed by atoms with E-state index in [-0.39, 0.29) is 11.5 Å². The predicted molar refractivity (Wildman–Crippen MR) is 85.1 cm³/mol. The van der Waals surface area contributed by atoms with Crippen molar-refractivity contribution in [3.05, 3.63) is 28.3 Å². The summed E-state index contributed by atoms with van der Waals surface area (Å²) in [6.07, 6.45) is 2.34. The van der Waals surface area contributed by atoms with E-state index in [1.54, 1.807) is 6.07 Å². The molecule has 1 aromatic rings. The monoisotopic (exact) mass is 310 g/mol. The van der Waals surface area contributed by atoms with Gasteiger partial charge in [0.05, 0.1) is 5.56 Å².